The van der Waals surface area contributed by atoms with Gasteiger partial charge in [0.05, 0.1) is 12.5 Å². The van der Waals surface area contributed by atoms with Crippen molar-refractivity contribution in [3.63, 3.8) is 0 Å². The molecule has 1 aliphatic rings. The number of hydrogen-bond acceptors (Lipinski definition) is 4. The summed E-state index contributed by atoms with van der Waals surface area (Å²) in [7, 11) is 0. The van der Waals surface area contributed by atoms with Crippen molar-refractivity contribution < 1.29 is 19.1 Å². The first kappa shape index (κ1) is 24.7. The first-order valence-corrected chi connectivity index (χ1v) is 11.6. The Kier molecular flexibility index (Phi) is 10.3. The Morgan fingerprint density at radius 1 is 1.13 bits per heavy atom. The number of nitrogens with zero attached hydrogens (tertiary/aromatic N) is 2. The Morgan fingerprint density at radius 3 is 2.52 bits per heavy atom. The molecular formula is C24H37N3O4. The third-order valence-corrected chi connectivity index (χ3v) is 5.67. The van der Waals surface area contributed by atoms with E-state index < -0.39 is 0 Å². The molecule has 0 saturated carbocycles. The van der Waals surface area contributed by atoms with E-state index in [-0.39, 0.29) is 30.2 Å². The van der Waals surface area contributed by atoms with Gasteiger partial charge in [0.2, 0.25) is 5.91 Å². The topological polar surface area (TPSA) is 79.0 Å². The fourth-order valence-corrected chi connectivity index (χ4v) is 3.74. The molecule has 0 aromatic heterocycles. The van der Waals surface area contributed by atoms with Crippen LogP contribution in [-0.4, -0.2) is 60.5 Å². The molecule has 7 nitrogen and oxygen atoms in total. The maximum absolute atomic E-state index is 12.8. The van der Waals surface area contributed by atoms with Gasteiger partial charge in [0, 0.05) is 38.3 Å². The first-order chi connectivity index (χ1) is 15.0. The standard InChI is InChI=1S/C24H37N3O4/c1-4-7-15-26(24(30)25-21-12-10-19(5-2)11-13-21)17-14-22(28)27-16-8-9-20(18-27)23(29)31-6-3/h10-13,20H,4-9,14-18H2,1-3H3,(H,25,30). The predicted octanol–water partition coefficient (Wildman–Crippen LogP) is 4.07. The summed E-state index contributed by atoms with van der Waals surface area (Å²) in [4.78, 5) is 41.1. The van der Waals surface area contributed by atoms with E-state index >= 15 is 0 Å². The molecule has 3 amide bonds. The highest BCUT2D eigenvalue weighted by molar-refractivity contribution is 5.89. The van der Waals surface area contributed by atoms with Gasteiger partial charge in [-0.25, -0.2) is 4.79 Å². The minimum Gasteiger partial charge on any atom is -0.466 e. The van der Waals surface area contributed by atoms with Crippen LogP contribution in [0, 0.1) is 5.92 Å². The molecule has 2 rings (SSSR count). The normalized spacial score (nSPS) is 16.0. The number of esters is 1. The zero-order valence-corrected chi connectivity index (χ0v) is 19.2. The van der Waals surface area contributed by atoms with Gasteiger partial charge in [0.25, 0.3) is 0 Å². The summed E-state index contributed by atoms with van der Waals surface area (Å²) >= 11 is 0. The fourth-order valence-electron chi connectivity index (χ4n) is 3.74. The van der Waals surface area contributed by atoms with Crippen LogP contribution in [0.4, 0.5) is 10.5 Å². The molecule has 1 fully saturated rings. The van der Waals surface area contributed by atoms with Crippen LogP contribution in [0.5, 0.6) is 0 Å². The number of ether oxygens (including phenoxy) is 1. The van der Waals surface area contributed by atoms with Gasteiger partial charge in [0.15, 0.2) is 0 Å². The van der Waals surface area contributed by atoms with Crippen LogP contribution < -0.4 is 5.32 Å². The lowest BCUT2D eigenvalue weighted by molar-refractivity contribution is -0.151. The van der Waals surface area contributed by atoms with E-state index in [0.717, 1.165) is 37.8 Å². The van der Waals surface area contributed by atoms with Crippen molar-refractivity contribution in [1.29, 1.82) is 0 Å². The number of piperidine rings is 1. The average molecular weight is 432 g/mol. The molecule has 0 aliphatic carbocycles. The van der Waals surface area contributed by atoms with Crippen LogP contribution in [0.1, 0.15) is 58.4 Å². The molecule has 1 unspecified atom stereocenters. The van der Waals surface area contributed by atoms with Crippen molar-refractivity contribution >= 4 is 23.6 Å². The van der Waals surface area contributed by atoms with E-state index in [2.05, 4.69) is 19.2 Å². The second kappa shape index (κ2) is 13.0. The molecule has 1 aromatic rings. The van der Waals surface area contributed by atoms with Gasteiger partial charge in [0.1, 0.15) is 0 Å². The van der Waals surface area contributed by atoms with Crippen LogP contribution in [0.15, 0.2) is 24.3 Å². The SMILES string of the molecule is CCCCN(CCC(=O)N1CCCC(C(=O)OCC)C1)C(=O)Nc1ccc(CC)cc1. The summed E-state index contributed by atoms with van der Waals surface area (Å²) in [6.07, 6.45) is 4.60. The van der Waals surface area contributed by atoms with E-state index in [1.54, 1.807) is 16.7 Å². The second-order valence-electron chi connectivity index (χ2n) is 8.00. The second-order valence-corrected chi connectivity index (χ2v) is 8.00. The van der Waals surface area contributed by atoms with Crippen molar-refractivity contribution in [1.82, 2.24) is 9.80 Å². The third-order valence-electron chi connectivity index (χ3n) is 5.67. The van der Waals surface area contributed by atoms with Crippen LogP contribution in [-0.2, 0) is 20.7 Å². The summed E-state index contributed by atoms with van der Waals surface area (Å²) in [5.74, 6) is -0.489. The van der Waals surface area contributed by atoms with Gasteiger partial charge in [-0.1, -0.05) is 32.4 Å². The highest BCUT2D eigenvalue weighted by atomic mass is 16.5. The molecule has 0 spiro atoms. The minimum atomic E-state index is -0.247. The van der Waals surface area contributed by atoms with Crippen molar-refractivity contribution in [2.45, 2.75) is 59.3 Å². The highest BCUT2D eigenvalue weighted by Crippen LogP contribution is 2.19. The van der Waals surface area contributed by atoms with Crippen molar-refractivity contribution in [3.8, 4) is 0 Å². The molecule has 0 radical (unpaired) electrons. The number of carbonyl (C=O) groups excluding carboxylic acids is 3. The maximum atomic E-state index is 12.8. The fraction of sp³-hybridized carbons (Fsp3) is 0.625. The smallest absolute Gasteiger partial charge is 0.321 e. The van der Waals surface area contributed by atoms with Gasteiger partial charge in [-0.2, -0.15) is 0 Å². The molecule has 7 heteroatoms. The highest BCUT2D eigenvalue weighted by Gasteiger charge is 2.29. The lowest BCUT2D eigenvalue weighted by atomic mass is 9.98. The average Bonchev–Trinajstić information content (AvgIpc) is 2.79. The minimum absolute atomic E-state index is 0.0180. The van der Waals surface area contributed by atoms with Crippen LogP contribution in [0.2, 0.25) is 0 Å². The van der Waals surface area contributed by atoms with Crippen molar-refractivity contribution in [2.75, 3.05) is 38.1 Å². The molecule has 1 N–H and O–H groups in total. The Balaban J connectivity index is 1.91. The number of aryl methyl sites for hydroxylation is 1. The first-order valence-electron chi connectivity index (χ1n) is 11.6. The van der Waals surface area contributed by atoms with Crippen molar-refractivity contribution in [3.05, 3.63) is 29.8 Å². The Morgan fingerprint density at radius 2 is 1.87 bits per heavy atom. The van der Waals surface area contributed by atoms with Gasteiger partial charge < -0.3 is 19.9 Å². The molecule has 1 atom stereocenters. The molecule has 1 saturated heterocycles. The zero-order valence-electron chi connectivity index (χ0n) is 19.2. The summed E-state index contributed by atoms with van der Waals surface area (Å²) in [5, 5.41) is 2.94. The number of urea groups is 1. The van der Waals surface area contributed by atoms with E-state index in [1.807, 2.05) is 24.3 Å². The Labute approximate surface area is 186 Å². The lowest BCUT2D eigenvalue weighted by Crippen LogP contribution is -2.44. The van der Waals surface area contributed by atoms with Gasteiger partial charge in [-0.3, -0.25) is 9.59 Å². The number of anilines is 1. The molecule has 1 aromatic carbocycles. The number of likely N-dealkylation sites (tertiary alicyclic amines) is 1. The maximum Gasteiger partial charge on any atom is 0.321 e. The molecule has 0 bridgehead atoms. The Hall–Kier alpha value is -2.57. The molecule has 172 valence electrons. The molecule has 1 aliphatic heterocycles. The molecule has 1 heterocycles. The van der Waals surface area contributed by atoms with E-state index in [4.69, 9.17) is 4.74 Å². The number of rotatable bonds is 10. The number of unbranched alkanes of at least 4 members (excludes halogenated alkanes) is 1. The lowest BCUT2D eigenvalue weighted by Gasteiger charge is -2.32. The quantitative estimate of drug-likeness (QED) is 0.566. The van der Waals surface area contributed by atoms with Crippen LogP contribution in [0.3, 0.4) is 0 Å². The summed E-state index contributed by atoms with van der Waals surface area (Å²) in [5.41, 5.74) is 1.97. The number of benzene rings is 1. The third kappa shape index (κ3) is 7.89. The van der Waals surface area contributed by atoms with E-state index in [0.29, 0.717) is 32.8 Å². The Bertz CT molecular complexity index is 720. The van der Waals surface area contributed by atoms with Crippen LogP contribution in [0.25, 0.3) is 0 Å². The monoisotopic (exact) mass is 431 g/mol. The van der Waals surface area contributed by atoms with E-state index in [1.165, 1.54) is 5.56 Å². The van der Waals surface area contributed by atoms with E-state index in [9.17, 15) is 14.4 Å². The van der Waals surface area contributed by atoms with Gasteiger partial charge >= 0.3 is 12.0 Å². The number of hydrogen-bond donors (Lipinski definition) is 1. The predicted molar refractivity (Wildman–Crippen MR) is 122 cm³/mol. The summed E-state index contributed by atoms with van der Waals surface area (Å²) in [6, 6.07) is 7.64. The summed E-state index contributed by atoms with van der Waals surface area (Å²) in [6.45, 7) is 8.33. The van der Waals surface area contributed by atoms with Gasteiger partial charge in [-0.05, 0) is 50.3 Å². The zero-order chi connectivity index (χ0) is 22.6. The largest absolute Gasteiger partial charge is 0.466 e. The number of carbonyl (C=O) groups is 3. The van der Waals surface area contributed by atoms with Crippen molar-refractivity contribution in [2.24, 2.45) is 5.92 Å². The number of amides is 3. The van der Waals surface area contributed by atoms with Gasteiger partial charge in [-0.15, -0.1) is 0 Å². The van der Waals surface area contributed by atoms with Crippen LogP contribution >= 0.6 is 0 Å². The summed E-state index contributed by atoms with van der Waals surface area (Å²) < 4.78 is 5.12. The molecule has 31 heavy (non-hydrogen) atoms. The number of nitrogens with one attached hydrogen (secondary N) is 1. The molecular weight excluding hydrogens is 394 g/mol.